The number of piperidine rings is 2. The van der Waals surface area contributed by atoms with Gasteiger partial charge in [0.15, 0.2) is 0 Å². The van der Waals surface area contributed by atoms with Crippen molar-refractivity contribution in [3.63, 3.8) is 0 Å². The normalized spacial score (nSPS) is 31.9. The van der Waals surface area contributed by atoms with Crippen molar-refractivity contribution in [2.24, 2.45) is 5.92 Å². The second-order valence-electron chi connectivity index (χ2n) is 5.69. The van der Waals surface area contributed by atoms with Crippen molar-refractivity contribution in [3.05, 3.63) is 0 Å². The lowest BCUT2D eigenvalue weighted by molar-refractivity contribution is -0.132. The average molecular weight is 239 g/mol. The molecule has 2 aliphatic heterocycles. The van der Waals surface area contributed by atoms with E-state index in [1.54, 1.807) is 0 Å². The summed E-state index contributed by atoms with van der Waals surface area (Å²) in [5, 5.41) is 3.64. The summed E-state index contributed by atoms with van der Waals surface area (Å²) >= 11 is 0. The topological polar surface area (TPSA) is 35.6 Å². The first-order valence-electron chi connectivity index (χ1n) is 6.81. The highest BCUT2D eigenvalue weighted by Crippen LogP contribution is 2.15. The van der Waals surface area contributed by atoms with Gasteiger partial charge in [0.2, 0.25) is 5.91 Å². The summed E-state index contributed by atoms with van der Waals surface area (Å²) in [6.45, 7) is 4.45. The number of nitrogens with zero attached hydrogens (tertiary/aromatic N) is 2. The third-order valence-electron chi connectivity index (χ3n) is 4.04. The van der Waals surface area contributed by atoms with E-state index in [4.69, 9.17) is 0 Å². The Morgan fingerprint density at radius 2 is 2.12 bits per heavy atom. The van der Waals surface area contributed by atoms with E-state index >= 15 is 0 Å². The predicted octanol–water partition coefficient (Wildman–Crippen LogP) is 0.539. The maximum atomic E-state index is 11.4. The molecule has 2 atom stereocenters. The first-order chi connectivity index (χ1) is 8.15. The molecule has 0 spiro atoms. The molecule has 0 aromatic rings. The van der Waals surface area contributed by atoms with Gasteiger partial charge in [-0.2, -0.15) is 0 Å². The lowest BCUT2D eigenvalue weighted by atomic mass is 9.97. The van der Waals surface area contributed by atoms with Gasteiger partial charge in [0.05, 0.1) is 0 Å². The molecule has 0 bridgehead atoms. The number of carbonyl (C=O) groups is 1. The molecule has 0 saturated carbocycles. The Morgan fingerprint density at radius 3 is 2.82 bits per heavy atom. The van der Waals surface area contributed by atoms with Crippen LogP contribution in [0.2, 0.25) is 0 Å². The maximum Gasteiger partial charge on any atom is 0.222 e. The number of hydrogen-bond acceptors (Lipinski definition) is 3. The molecule has 0 aromatic carbocycles. The van der Waals surface area contributed by atoms with Crippen LogP contribution in [-0.2, 0) is 4.79 Å². The highest BCUT2D eigenvalue weighted by molar-refractivity contribution is 5.76. The molecule has 98 valence electrons. The maximum absolute atomic E-state index is 11.4. The van der Waals surface area contributed by atoms with Crippen molar-refractivity contribution in [2.45, 2.75) is 31.7 Å². The number of likely N-dealkylation sites (N-methyl/N-ethyl adjacent to an activating group) is 1. The zero-order chi connectivity index (χ0) is 12.3. The Kier molecular flexibility index (Phi) is 4.40. The van der Waals surface area contributed by atoms with Crippen LogP contribution in [0.3, 0.4) is 0 Å². The molecule has 2 heterocycles. The van der Waals surface area contributed by atoms with Gasteiger partial charge in [0, 0.05) is 32.6 Å². The van der Waals surface area contributed by atoms with E-state index in [1.807, 2.05) is 11.9 Å². The van der Waals surface area contributed by atoms with Crippen LogP contribution in [0.4, 0.5) is 0 Å². The third-order valence-corrected chi connectivity index (χ3v) is 4.04. The Hall–Kier alpha value is -0.610. The summed E-state index contributed by atoms with van der Waals surface area (Å²) in [6.07, 6.45) is 4.38. The summed E-state index contributed by atoms with van der Waals surface area (Å²) in [7, 11) is 4.11. The molecule has 1 N–H and O–H groups in total. The largest absolute Gasteiger partial charge is 0.344 e. The summed E-state index contributed by atoms with van der Waals surface area (Å²) in [5.74, 6) is 1.08. The van der Waals surface area contributed by atoms with Gasteiger partial charge in [0.1, 0.15) is 0 Å². The van der Waals surface area contributed by atoms with Crippen LogP contribution in [-0.4, -0.2) is 62.0 Å². The fraction of sp³-hybridized carbons (Fsp3) is 0.923. The molecule has 0 aromatic heterocycles. The van der Waals surface area contributed by atoms with Gasteiger partial charge in [-0.25, -0.2) is 0 Å². The van der Waals surface area contributed by atoms with E-state index in [0.717, 1.165) is 25.4 Å². The number of amides is 1. The standard InChI is InChI=1S/C13H25N3O/c1-15-7-3-4-11(9-15)8-14-12-5-6-13(17)16(2)10-12/h11-12,14H,3-10H2,1-2H3. The summed E-state index contributed by atoms with van der Waals surface area (Å²) in [6, 6.07) is 0.505. The lowest BCUT2D eigenvalue weighted by Gasteiger charge is -2.34. The Balaban J connectivity index is 1.69. The zero-order valence-electron chi connectivity index (χ0n) is 11.1. The molecule has 1 amide bonds. The van der Waals surface area contributed by atoms with Crippen molar-refractivity contribution >= 4 is 5.91 Å². The fourth-order valence-corrected chi connectivity index (χ4v) is 2.95. The fourth-order valence-electron chi connectivity index (χ4n) is 2.95. The van der Waals surface area contributed by atoms with Gasteiger partial charge < -0.3 is 15.1 Å². The highest BCUT2D eigenvalue weighted by atomic mass is 16.2. The number of carbonyl (C=O) groups excluding carboxylic acids is 1. The van der Waals surface area contributed by atoms with Gasteiger partial charge >= 0.3 is 0 Å². The second kappa shape index (κ2) is 5.83. The molecule has 4 nitrogen and oxygen atoms in total. The van der Waals surface area contributed by atoms with Crippen LogP contribution in [0.15, 0.2) is 0 Å². The summed E-state index contributed by atoms with van der Waals surface area (Å²) in [5.41, 5.74) is 0. The van der Waals surface area contributed by atoms with Gasteiger partial charge in [0.25, 0.3) is 0 Å². The number of rotatable bonds is 3. The van der Waals surface area contributed by atoms with Crippen molar-refractivity contribution in [1.82, 2.24) is 15.1 Å². The minimum absolute atomic E-state index is 0.292. The quantitative estimate of drug-likeness (QED) is 0.781. The number of likely N-dealkylation sites (tertiary alicyclic amines) is 2. The summed E-state index contributed by atoms with van der Waals surface area (Å²) < 4.78 is 0. The smallest absolute Gasteiger partial charge is 0.222 e. The molecular weight excluding hydrogens is 214 g/mol. The highest BCUT2D eigenvalue weighted by Gasteiger charge is 2.24. The van der Waals surface area contributed by atoms with E-state index in [1.165, 1.54) is 25.9 Å². The molecule has 2 saturated heterocycles. The molecule has 4 heteroatoms. The van der Waals surface area contributed by atoms with Crippen LogP contribution < -0.4 is 5.32 Å². The van der Waals surface area contributed by atoms with Crippen molar-refractivity contribution in [2.75, 3.05) is 40.3 Å². The van der Waals surface area contributed by atoms with Crippen molar-refractivity contribution in [1.29, 1.82) is 0 Å². The zero-order valence-corrected chi connectivity index (χ0v) is 11.1. The van der Waals surface area contributed by atoms with Gasteiger partial charge in [-0.1, -0.05) is 0 Å². The Labute approximate surface area is 104 Å². The Bertz CT molecular complexity index is 269. The van der Waals surface area contributed by atoms with Crippen LogP contribution in [0.25, 0.3) is 0 Å². The molecule has 2 rings (SSSR count). The van der Waals surface area contributed by atoms with Crippen molar-refractivity contribution < 1.29 is 4.79 Å². The monoisotopic (exact) mass is 239 g/mol. The molecule has 17 heavy (non-hydrogen) atoms. The second-order valence-corrected chi connectivity index (χ2v) is 5.69. The predicted molar refractivity (Wildman–Crippen MR) is 68.9 cm³/mol. The first-order valence-corrected chi connectivity index (χ1v) is 6.81. The third kappa shape index (κ3) is 3.68. The number of nitrogens with one attached hydrogen (secondary N) is 1. The minimum atomic E-state index is 0.292. The molecule has 2 aliphatic rings. The number of hydrogen-bond donors (Lipinski definition) is 1. The summed E-state index contributed by atoms with van der Waals surface area (Å²) in [4.78, 5) is 15.7. The average Bonchev–Trinajstić information content (AvgIpc) is 2.31. The van der Waals surface area contributed by atoms with Crippen LogP contribution in [0.1, 0.15) is 25.7 Å². The first kappa shape index (κ1) is 12.8. The van der Waals surface area contributed by atoms with Crippen molar-refractivity contribution in [3.8, 4) is 0 Å². The van der Waals surface area contributed by atoms with Crippen LogP contribution >= 0.6 is 0 Å². The SMILES string of the molecule is CN1CCCC(CNC2CCC(=O)N(C)C2)C1. The van der Waals surface area contributed by atoms with E-state index in [-0.39, 0.29) is 0 Å². The van der Waals surface area contributed by atoms with Gasteiger partial charge in [-0.3, -0.25) is 4.79 Å². The molecule has 0 aliphatic carbocycles. The van der Waals surface area contributed by atoms with E-state index in [9.17, 15) is 4.79 Å². The Morgan fingerprint density at radius 1 is 1.29 bits per heavy atom. The van der Waals surface area contributed by atoms with Gasteiger partial charge in [-0.05, 0) is 45.3 Å². The van der Waals surface area contributed by atoms with Gasteiger partial charge in [-0.15, -0.1) is 0 Å². The molecule has 2 fully saturated rings. The van der Waals surface area contributed by atoms with Crippen LogP contribution in [0, 0.1) is 5.92 Å². The molecular formula is C13H25N3O. The minimum Gasteiger partial charge on any atom is -0.344 e. The van der Waals surface area contributed by atoms with E-state index in [2.05, 4.69) is 17.3 Å². The molecule has 0 radical (unpaired) electrons. The lowest BCUT2D eigenvalue weighted by Crippen LogP contribution is -2.48. The molecule has 2 unspecified atom stereocenters. The van der Waals surface area contributed by atoms with E-state index < -0.39 is 0 Å². The van der Waals surface area contributed by atoms with E-state index in [0.29, 0.717) is 18.4 Å². The van der Waals surface area contributed by atoms with Crippen LogP contribution in [0.5, 0.6) is 0 Å².